The van der Waals surface area contributed by atoms with Crippen LogP contribution in [0.4, 0.5) is 4.79 Å². The van der Waals surface area contributed by atoms with Gasteiger partial charge in [-0.2, -0.15) is 0 Å². The lowest BCUT2D eigenvalue weighted by atomic mass is 9.90. The van der Waals surface area contributed by atoms with Gasteiger partial charge in [0.05, 0.1) is 12.0 Å². The Morgan fingerprint density at radius 1 is 1.22 bits per heavy atom. The summed E-state index contributed by atoms with van der Waals surface area (Å²) in [4.78, 5) is 25.5. The van der Waals surface area contributed by atoms with Gasteiger partial charge in [-0.3, -0.25) is 4.79 Å². The lowest BCUT2D eigenvalue weighted by Gasteiger charge is -2.36. The van der Waals surface area contributed by atoms with Crippen LogP contribution < -0.4 is 5.32 Å². The molecule has 0 radical (unpaired) electrons. The first-order valence-corrected chi connectivity index (χ1v) is 8.21. The van der Waals surface area contributed by atoms with Crippen molar-refractivity contribution in [1.82, 2.24) is 10.2 Å². The highest BCUT2D eigenvalue weighted by Crippen LogP contribution is 2.25. The number of amides is 2. The van der Waals surface area contributed by atoms with Gasteiger partial charge in [0.1, 0.15) is 0 Å². The summed E-state index contributed by atoms with van der Waals surface area (Å²) in [5, 5.41) is 12.3. The van der Waals surface area contributed by atoms with Gasteiger partial charge in [-0.25, -0.2) is 4.79 Å². The largest absolute Gasteiger partial charge is 0.481 e. The highest BCUT2D eigenvalue weighted by molar-refractivity contribution is 5.77. The number of nitrogens with zero attached hydrogens (tertiary/aromatic N) is 1. The molecule has 23 heavy (non-hydrogen) atoms. The standard InChI is InChI=1S/C18H26N2O3/c1-12(2)16(14-7-5-4-6-8-14)19-18(23)20-10-13(3)9-15(11-20)17(21)22/h4-8,12-13,15-16H,9-11H2,1-3H3,(H,19,23)(H,21,22). The number of carboxylic acid groups (broad SMARTS) is 1. The summed E-state index contributed by atoms with van der Waals surface area (Å²) < 4.78 is 0. The highest BCUT2D eigenvalue weighted by Gasteiger charge is 2.32. The maximum Gasteiger partial charge on any atom is 0.317 e. The number of nitrogens with one attached hydrogen (secondary N) is 1. The maximum absolute atomic E-state index is 12.6. The fourth-order valence-corrected chi connectivity index (χ4v) is 3.22. The molecule has 1 aromatic carbocycles. The quantitative estimate of drug-likeness (QED) is 0.896. The minimum absolute atomic E-state index is 0.0794. The monoisotopic (exact) mass is 318 g/mol. The Hall–Kier alpha value is -2.04. The van der Waals surface area contributed by atoms with E-state index in [1.165, 1.54) is 0 Å². The van der Waals surface area contributed by atoms with Gasteiger partial charge in [-0.05, 0) is 23.8 Å². The third-order valence-electron chi connectivity index (χ3n) is 4.40. The average Bonchev–Trinajstić information content (AvgIpc) is 2.52. The van der Waals surface area contributed by atoms with Crippen LogP contribution in [0.15, 0.2) is 30.3 Å². The van der Waals surface area contributed by atoms with Gasteiger partial charge in [0, 0.05) is 13.1 Å². The van der Waals surface area contributed by atoms with E-state index >= 15 is 0 Å². The summed E-state index contributed by atoms with van der Waals surface area (Å²) in [6.07, 6.45) is 0.630. The summed E-state index contributed by atoms with van der Waals surface area (Å²) in [7, 11) is 0. The normalized spacial score (nSPS) is 22.7. The van der Waals surface area contributed by atoms with Gasteiger partial charge >= 0.3 is 12.0 Å². The topological polar surface area (TPSA) is 69.6 Å². The molecule has 1 aliphatic rings. The summed E-state index contributed by atoms with van der Waals surface area (Å²) in [5.74, 6) is -0.847. The average molecular weight is 318 g/mol. The Morgan fingerprint density at radius 2 is 1.87 bits per heavy atom. The lowest BCUT2D eigenvalue weighted by Crippen LogP contribution is -2.50. The number of carbonyl (C=O) groups is 2. The van der Waals surface area contributed by atoms with Crippen LogP contribution in [0.1, 0.15) is 38.8 Å². The first kappa shape index (κ1) is 17.3. The van der Waals surface area contributed by atoms with Gasteiger partial charge < -0.3 is 15.3 Å². The van der Waals surface area contributed by atoms with Gasteiger partial charge in [0.2, 0.25) is 0 Å². The van der Waals surface area contributed by atoms with Crippen LogP contribution in [0.2, 0.25) is 0 Å². The Labute approximate surface area is 137 Å². The molecule has 1 heterocycles. The molecule has 3 unspecified atom stereocenters. The van der Waals surface area contributed by atoms with Crippen LogP contribution in [0.25, 0.3) is 0 Å². The molecule has 5 nitrogen and oxygen atoms in total. The van der Waals surface area contributed by atoms with Crippen molar-refractivity contribution in [2.75, 3.05) is 13.1 Å². The molecule has 0 aliphatic carbocycles. The van der Waals surface area contributed by atoms with E-state index < -0.39 is 11.9 Å². The first-order valence-electron chi connectivity index (χ1n) is 8.21. The third kappa shape index (κ3) is 4.47. The molecule has 5 heteroatoms. The second kappa shape index (κ2) is 7.49. The van der Waals surface area contributed by atoms with E-state index in [4.69, 9.17) is 0 Å². The second-order valence-corrected chi connectivity index (χ2v) is 6.86. The number of carboxylic acids is 1. The zero-order valence-corrected chi connectivity index (χ0v) is 14.0. The minimum atomic E-state index is -0.821. The van der Waals surface area contributed by atoms with Crippen LogP contribution in [0.5, 0.6) is 0 Å². The molecular weight excluding hydrogens is 292 g/mol. The second-order valence-electron chi connectivity index (χ2n) is 6.86. The predicted molar refractivity (Wildman–Crippen MR) is 89.0 cm³/mol. The number of carbonyl (C=O) groups excluding carboxylic acids is 1. The molecule has 0 saturated carbocycles. The van der Waals surface area contributed by atoms with Crippen LogP contribution >= 0.6 is 0 Å². The highest BCUT2D eigenvalue weighted by atomic mass is 16.4. The molecule has 2 amide bonds. The van der Waals surface area contributed by atoms with Crippen LogP contribution in [0.3, 0.4) is 0 Å². The molecule has 1 saturated heterocycles. The van der Waals surface area contributed by atoms with E-state index in [0.717, 1.165) is 5.56 Å². The number of rotatable bonds is 4. The van der Waals surface area contributed by atoms with Crippen LogP contribution in [0, 0.1) is 17.8 Å². The summed E-state index contributed by atoms with van der Waals surface area (Å²) in [6, 6.07) is 9.62. The fourth-order valence-electron chi connectivity index (χ4n) is 3.22. The molecule has 126 valence electrons. The molecule has 1 aliphatic heterocycles. The molecular formula is C18H26N2O3. The van der Waals surface area contributed by atoms with E-state index in [9.17, 15) is 14.7 Å². The smallest absolute Gasteiger partial charge is 0.317 e. The first-order chi connectivity index (χ1) is 10.9. The maximum atomic E-state index is 12.6. The van der Waals surface area contributed by atoms with Gasteiger partial charge in [0.25, 0.3) is 0 Å². The molecule has 2 rings (SSSR count). The van der Waals surface area contributed by atoms with Crippen molar-refractivity contribution in [3.8, 4) is 0 Å². The minimum Gasteiger partial charge on any atom is -0.481 e. The zero-order valence-electron chi connectivity index (χ0n) is 14.0. The van der Waals surface area contributed by atoms with Crippen molar-refractivity contribution in [3.63, 3.8) is 0 Å². The number of piperidine rings is 1. The Morgan fingerprint density at radius 3 is 2.43 bits per heavy atom. The van der Waals surface area contributed by atoms with E-state index in [2.05, 4.69) is 19.2 Å². The molecule has 1 fully saturated rings. The molecule has 0 aromatic heterocycles. The van der Waals surface area contributed by atoms with Crippen molar-refractivity contribution in [2.24, 2.45) is 17.8 Å². The van der Waals surface area contributed by atoms with Crippen molar-refractivity contribution >= 4 is 12.0 Å². The van der Waals surface area contributed by atoms with Crippen molar-refractivity contribution in [2.45, 2.75) is 33.2 Å². The summed E-state index contributed by atoms with van der Waals surface area (Å²) in [6.45, 7) is 7.01. The summed E-state index contributed by atoms with van der Waals surface area (Å²) >= 11 is 0. The number of aliphatic carboxylic acids is 1. The lowest BCUT2D eigenvalue weighted by molar-refractivity contribution is -0.143. The van der Waals surface area contributed by atoms with E-state index in [-0.39, 0.29) is 30.5 Å². The van der Waals surface area contributed by atoms with Gasteiger partial charge in [0.15, 0.2) is 0 Å². The SMILES string of the molecule is CC1CC(C(=O)O)CN(C(=O)NC(c2ccccc2)C(C)C)C1. The predicted octanol–water partition coefficient (Wildman–Crippen LogP) is 3.14. The van der Waals surface area contributed by atoms with E-state index in [1.54, 1.807) is 4.90 Å². The summed E-state index contributed by atoms with van der Waals surface area (Å²) in [5.41, 5.74) is 1.07. The fraction of sp³-hybridized carbons (Fsp3) is 0.556. The number of urea groups is 1. The third-order valence-corrected chi connectivity index (χ3v) is 4.40. The Balaban J connectivity index is 2.08. The van der Waals surface area contributed by atoms with E-state index in [0.29, 0.717) is 13.0 Å². The number of hydrogen-bond donors (Lipinski definition) is 2. The zero-order chi connectivity index (χ0) is 17.0. The molecule has 0 spiro atoms. The molecule has 3 atom stereocenters. The number of likely N-dealkylation sites (tertiary alicyclic amines) is 1. The Bertz CT molecular complexity index is 544. The van der Waals surface area contributed by atoms with Crippen LogP contribution in [-0.4, -0.2) is 35.1 Å². The van der Waals surface area contributed by atoms with E-state index in [1.807, 2.05) is 37.3 Å². The Kier molecular flexibility index (Phi) is 5.64. The number of hydrogen-bond acceptors (Lipinski definition) is 2. The van der Waals surface area contributed by atoms with Crippen molar-refractivity contribution in [1.29, 1.82) is 0 Å². The van der Waals surface area contributed by atoms with Gasteiger partial charge in [-0.15, -0.1) is 0 Å². The molecule has 1 aromatic rings. The van der Waals surface area contributed by atoms with Gasteiger partial charge in [-0.1, -0.05) is 51.1 Å². The number of benzene rings is 1. The van der Waals surface area contributed by atoms with Crippen LogP contribution in [-0.2, 0) is 4.79 Å². The van der Waals surface area contributed by atoms with Crippen molar-refractivity contribution in [3.05, 3.63) is 35.9 Å². The molecule has 0 bridgehead atoms. The van der Waals surface area contributed by atoms with Crippen molar-refractivity contribution < 1.29 is 14.7 Å². The molecule has 2 N–H and O–H groups in total.